The number of anilines is 1. The molecule has 0 radical (unpaired) electrons. The van der Waals surface area contributed by atoms with Crippen LogP contribution in [0.3, 0.4) is 0 Å². The van der Waals surface area contributed by atoms with Crippen molar-refractivity contribution in [3.63, 3.8) is 0 Å². The van der Waals surface area contributed by atoms with Gasteiger partial charge in [0.25, 0.3) is 0 Å². The highest BCUT2D eigenvalue weighted by Gasteiger charge is 2.35. The van der Waals surface area contributed by atoms with E-state index in [4.69, 9.17) is 4.74 Å². The van der Waals surface area contributed by atoms with Crippen molar-refractivity contribution < 1.29 is 19.4 Å². The Morgan fingerprint density at radius 3 is 1.79 bits per heavy atom. The molecule has 3 rings (SSSR count). The lowest BCUT2D eigenvalue weighted by molar-refractivity contribution is -0.160. The number of benzene rings is 3. The molecular formula is C32H36N2O4. The smallest absolute Gasteiger partial charge is 0.337 e. The second kappa shape index (κ2) is 10.8. The van der Waals surface area contributed by atoms with Gasteiger partial charge in [-0.2, -0.15) is 5.26 Å². The molecule has 6 nitrogen and oxygen atoms in total. The lowest BCUT2D eigenvalue weighted by Crippen LogP contribution is -2.29. The Morgan fingerprint density at radius 1 is 0.895 bits per heavy atom. The Bertz CT molecular complexity index is 1470. The molecule has 0 aliphatic carbocycles. The third-order valence-electron chi connectivity index (χ3n) is 6.75. The number of carboxylic acids is 1. The van der Waals surface area contributed by atoms with Gasteiger partial charge in [0.1, 0.15) is 6.07 Å². The monoisotopic (exact) mass is 512 g/mol. The zero-order valence-corrected chi connectivity index (χ0v) is 23.7. The number of amides is 1. The molecule has 0 aromatic heterocycles. The summed E-state index contributed by atoms with van der Waals surface area (Å²) in [6, 6.07) is 14.1. The number of carboxylic acid groups (broad SMARTS) is 1. The first-order valence-electron chi connectivity index (χ1n) is 12.6. The minimum atomic E-state index is -1.44. The molecule has 0 aliphatic rings. The molecule has 0 aliphatic heterocycles. The van der Waals surface area contributed by atoms with Gasteiger partial charge in [-0.3, -0.25) is 4.79 Å². The second-order valence-corrected chi connectivity index (χ2v) is 10.9. The van der Waals surface area contributed by atoms with Crippen molar-refractivity contribution in [2.24, 2.45) is 0 Å². The second-order valence-electron chi connectivity index (χ2n) is 10.9. The highest BCUT2D eigenvalue weighted by atomic mass is 16.5. The third kappa shape index (κ3) is 5.79. The fraction of sp³-hybridized carbons (Fsp3) is 0.344. The number of rotatable bonds is 6. The van der Waals surface area contributed by atoms with Gasteiger partial charge in [0, 0.05) is 18.1 Å². The maximum absolute atomic E-state index is 12.7. The number of hydrogen-bond acceptors (Lipinski definition) is 4. The van der Waals surface area contributed by atoms with Gasteiger partial charge < -0.3 is 15.2 Å². The van der Waals surface area contributed by atoms with E-state index < -0.39 is 17.7 Å². The van der Waals surface area contributed by atoms with Gasteiger partial charge in [0.15, 0.2) is 6.10 Å². The van der Waals surface area contributed by atoms with Crippen molar-refractivity contribution in [2.75, 3.05) is 5.32 Å². The Balaban J connectivity index is 2.62. The molecule has 0 saturated heterocycles. The Labute approximate surface area is 225 Å². The molecular weight excluding hydrogens is 476 g/mol. The van der Waals surface area contributed by atoms with Gasteiger partial charge >= 0.3 is 5.97 Å². The van der Waals surface area contributed by atoms with Crippen LogP contribution in [0.25, 0.3) is 22.3 Å². The first kappa shape index (κ1) is 28.6. The summed E-state index contributed by atoms with van der Waals surface area (Å²) in [6.07, 6.45) is -1.44. The van der Waals surface area contributed by atoms with Gasteiger partial charge in [-0.25, -0.2) is 4.79 Å². The van der Waals surface area contributed by atoms with Crippen molar-refractivity contribution >= 4 is 17.6 Å². The molecule has 0 bridgehead atoms. The molecule has 1 unspecified atom stereocenters. The molecule has 0 spiro atoms. The lowest BCUT2D eigenvalue weighted by atomic mass is 9.81. The summed E-state index contributed by atoms with van der Waals surface area (Å²) in [5.74, 6) is -1.58. The van der Waals surface area contributed by atoms with Gasteiger partial charge in [-0.15, -0.1) is 0 Å². The van der Waals surface area contributed by atoms with Crippen molar-refractivity contribution in [2.45, 2.75) is 74.0 Å². The SMILES string of the molecule is CC(=O)Nc1c(C#N)c(C(OC(C)(C)C)C(=O)O)c(-c2ccc(C)c(C)c2)c(C)c1-c1ccc(C)c(C)c1. The van der Waals surface area contributed by atoms with E-state index in [0.717, 1.165) is 38.9 Å². The van der Waals surface area contributed by atoms with Crippen LogP contribution in [0.15, 0.2) is 36.4 Å². The number of nitriles is 1. The number of ether oxygens (including phenoxy) is 1. The third-order valence-corrected chi connectivity index (χ3v) is 6.75. The molecule has 38 heavy (non-hydrogen) atoms. The van der Waals surface area contributed by atoms with E-state index in [1.807, 2.05) is 71.0 Å². The number of hydrogen-bond donors (Lipinski definition) is 2. The predicted octanol–water partition coefficient (Wildman–Crippen LogP) is 7.33. The molecule has 2 N–H and O–H groups in total. The van der Waals surface area contributed by atoms with Crippen molar-refractivity contribution in [3.8, 4) is 28.3 Å². The standard InChI is InChI=1S/C32H36N2O4/c1-17-10-12-23(14-19(17)3)26-21(5)27(24-13-11-18(2)20(4)15-24)29(34-22(6)35)25(16-33)28(26)30(31(36)37)38-32(7,8)9/h10-15,30H,1-9H3,(H,34,35)(H,36,37). The number of aryl methyl sites for hydroxylation is 4. The molecule has 3 aromatic carbocycles. The zero-order valence-electron chi connectivity index (χ0n) is 23.7. The van der Waals surface area contributed by atoms with Gasteiger partial charge in [-0.1, -0.05) is 36.4 Å². The lowest BCUT2D eigenvalue weighted by Gasteiger charge is -2.30. The largest absolute Gasteiger partial charge is 0.479 e. The van der Waals surface area contributed by atoms with Crippen LogP contribution >= 0.6 is 0 Å². The van der Waals surface area contributed by atoms with Crippen molar-refractivity contribution in [1.82, 2.24) is 0 Å². The molecule has 6 heteroatoms. The average Bonchev–Trinajstić information content (AvgIpc) is 2.80. The van der Waals surface area contributed by atoms with E-state index in [2.05, 4.69) is 11.4 Å². The Morgan fingerprint density at radius 2 is 1.39 bits per heavy atom. The van der Waals surface area contributed by atoms with Gasteiger partial charge in [-0.05, 0) is 99.9 Å². The predicted molar refractivity (Wildman–Crippen MR) is 151 cm³/mol. The quantitative estimate of drug-likeness (QED) is 0.360. The van der Waals surface area contributed by atoms with E-state index in [1.54, 1.807) is 20.8 Å². The van der Waals surface area contributed by atoms with Gasteiger partial charge in [0.05, 0.1) is 16.9 Å². The summed E-state index contributed by atoms with van der Waals surface area (Å²) in [7, 11) is 0. The number of aliphatic carboxylic acids is 1. The summed E-state index contributed by atoms with van der Waals surface area (Å²) in [5.41, 5.74) is 7.72. The first-order chi connectivity index (χ1) is 17.7. The van der Waals surface area contributed by atoms with Crippen LogP contribution in [0.1, 0.15) is 72.7 Å². The zero-order chi connectivity index (χ0) is 28.5. The first-order valence-corrected chi connectivity index (χ1v) is 12.6. The highest BCUT2D eigenvalue weighted by molar-refractivity contribution is 6.02. The van der Waals surface area contributed by atoms with Crippen LogP contribution in [0.4, 0.5) is 5.69 Å². The molecule has 198 valence electrons. The van der Waals surface area contributed by atoms with Crippen LogP contribution in [0, 0.1) is 45.9 Å². The van der Waals surface area contributed by atoms with Crippen molar-refractivity contribution in [1.29, 1.82) is 5.26 Å². The maximum Gasteiger partial charge on any atom is 0.337 e. The number of carbonyl (C=O) groups excluding carboxylic acids is 1. The summed E-state index contributed by atoms with van der Waals surface area (Å²) < 4.78 is 6.08. The molecule has 1 amide bonds. The van der Waals surface area contributed by atoms with Crippen LogP contribution in [0.2, 0.25) is 0 Å². The fourth-order valence-corrected chi connectivity index (χ4v) is 4.69. The summed E-state index contributed by atoms with van der Waals surface area (Å²) in [4.78, 5) is 25.1. The summed E-state index contributed by atoms with van der Waals surface area (Å²) >= 11 is 0. The minimum absolute atomic E-state index is 0.0731. The molecule has 0 heterocycles. The maximum atomic E-state index is 12.7. The molecule has 1 atom stereocenters. The molecule has 0 saturated carbocycles. The van der Waals surface area contributed by atoms with Gasteiger partial charge in [0.2, 0.25) is 5.91 Å². The van der Waals surface area contributed by atoms with E-state index in [9.17, 15) is 20.0 Å². The fourth-order valence-electron chi connectivity index (χ4n) is 4.69. The van der Waals surface area contributed by atoms with E-state index in [1.165, 1.54) is 6.92 Å². The number of nitrogens with one attached hydrogen (secondary N) is 1. The van der Waals surface area contributed by atoms with Crippen LogP contribution < -0.4 is 5.32 Å². The van der Waals surface area contributed by atoms with E-state index >= 15 is 0 Å². The topological polar surface area (TPSA) is 99.4 Å². The van der Waals surface area contributed by atoms with Crippen LogP contribution in [0.5, 0.6) is 0 Å². The Kier molecular flexibility index (Phi) is 8.14. The van der Waals surface area contributed by atoms with Crippen LogP contribution in [-0.4, -0.2) is 22.6 Å². The normalized spacial score (nSPS) is 12.1. The molecule has 0 fully saturated rings. The highest BCUT2D eigenvalue weighted by Crippen LogP contribution is 2.47. The molecule has 3 aromatic rings. The minimum Gasteiger partial charge on any atom is -0.479 e. The van der Waals surface area contributed by atoms with E-state index in [-0.39, 0.29) is 22.7 Å². The number of carbonyl (C=O) groups is 2. The summed E-state index contributed by atoms with van der Waals surface area (Å²) in [5, 5.41) is 23.8. The number of nitrogens with zero attached hydrogens (tertiary/aromatic N) is 1. The van der Waals surface area contributed by atoms with Crippen molar-refractivity contribution in [3.05, 3.63) is 75.3 Å². The Hall–Kier alpha value is -3.95. The van der Waals surface area contributed by atoms with Crippen LogP contribution in [-0.2, 0) is 14.3 Å². The van der Waals surface area contributed by atoms with E-state index in [0.29, 0.717) is 11.1 Å². The summed E-state index contributed by atoms with van der Waals surface area (Å²) in [6.45, 7) is 16.6. The average molecular weight is 513 g/mol.